The average molecular weight is 479 g/mol. The Labute approximate surface area is 203 Å². The summed E-state index contributed by atoms with van der Waals surface area (Å²) in [6.45, 7) is 2.19. The molecule has 4 aromatic rings. The van der Waals surface area contributed by atoms with Crippen LogP contribution in [0.25, 0.3) is 21.8 Å². The van der Waals surface area contributed by atoms with Crippen LogP contribution in [0.1, 0.15) is 50.5 Å². The molecule has 7 heteroatoms. The summed E-state index contributed by atoms with van der Waals surface area (Å²) >= 11 is 6.21. The van der Waals surface area contributed by atoms with Crippen molar-refractivity contribution >= 4 is 39.2 Å². The summed E-state index contributed by atoms with van der Waals surface area (Å²) in [7, 11) is 1.63. The molecule has 1 unspecified atom stereocenters. The number of ether oxygens (including phenoxy) is 1. The molecule has 2 aromatic carbocycles. The Hall–Kier alpha value is -2.99. The molecule has 1 aliphatic rings. The number of anilines is 1. The van der Waals surface area contributed by atoms with Crippen LogP contribution in [0.4, 0.5) is 10.2 Å². The molecule has 0 aliphatic heterocycles. The van der Waals surface area contributed by atoms with Gasteiger partial charge >= 0.3 is 0 Å². The summed E-state index contributed by atoms with van der Waals surface area (Å²) < 4.78 is 19.3. The summed E-state index contributed by atoms with van der Waals surface area (Å²) in [4.78, 5) is 13.2. The van der Waals surface area contributed by atoms with Crippen molar-refractivity contribution in [3.8, 4) is 5.75 Å². The molecule has 176 valence electrons. The summed E-state index contributed by atoms with van der Waals surface area (Å²) in [6, 6.07) is 13.0. The number of nitrogens with zero attached hydrogens (tertiary/aromatic N) is 3. The SMILES string of the molecule is COc1cccc2c(NC(C)CC3CCC(c4ccnc5ccc(F)cc45)CC3)nc(Cl)nc12. The highest BCUT2D eigenvalue weighted by molar-refractivity contribution is 6.29. The van der Waals surface area contributed by atoms with E-state index in [1.54, 1.807) is 19.2 Å². The van der Waals surface area contributed by atoms with Crippen molar-refractivity contribution in [2.45, 2.75) is 51.0 Å². The monoisotopic (exact) mass is 478 g/mol. The molecule has 1 atom stereocenters. The Kier molecular flexibility index (Phi) is 6.50. The maximum Gasteiger partial charge on any atom is 0.225 e. The first-order valence-corrected chi connectivity index (χ1v) is 12.2. The predicted octanol–water partition coefficient (Wildman–Crippen LogP) is 7.14. The highest BCUT2D eigenvalue weighted by atomic mass is 35.5. The van der Waals surface area contributed by atoms with Gasteiger partial charge < -0.3 is 10.1 Å². The van der Waals surface area contributed by atoms with Gasteiger partial charge in [0.05, 0.1) is 12.6 Å². The Bertz CT molecular complexity index is 1320. The lowest BCUT2D eigenvalue weighted by molar-refractivity contribution is 0.302. The van der Waals surface area contributed by atoms with Crippen LogP contribution < -0.4 is 10.1 Å². The van der Waals surface area contributed by atoms with Gasteiger partial charge in [0.25, 0.3) is 0 Å². The second kappa shape index (κ2) is 9.71. The fourth-order valence-electron chi connectivity index (χ4n) is 5.37. The molecule has 5 rings (SSSR count). The van der Waals surface area contributed by atoms with E-state index >= 15 is 0 Å². The van der Waals surface area contributed by atoms with Gasteiger partial charge in [0, 0.05) is 23.0 Å². The number of nitrogens with one attached hydrogen (secondary N) is 1. The van der Waals surface area contributed by atoms with E-state index in [1.165, 1.54) is 11.6 Å². The highest BCUT2D eigenvalue weighted by Crippen LogP contribution is 2.40. The van der Waals surface area contributed by atoms with E-state index in [2.05, 4.69) is 33.3 Å². The third-order valence-electron chi connectivity index (χ3n) is 6.98. The molecule has 1 aliphatic carbocycles. The number of benzene rings is 2. The first-order valence-electron chi connectivity index (χ1n) is 11.8. The first-order chi connectivity index (χ1) is 16.5. The van der Waals surface area contributed by atoms with Crippen LogP contribution in [0.3, 0.4) is 0 Å². The fraction of sp³-hybridized carbons (Fsp3) is 0.370. The van der Waals surface area contributed by atoms with Crippen LogP contribution in [0.15, 0.2) is 48.7 Å². The molecule has 34 heavy (non-hydrogen) atoms. The summed E-state index contributed by atoms with van der Waals surface area (Å²) in [5.41, 5.74) is 2.80. The largest absolute Gasteiger partial charge is 0.494 e. The van der Waals surface area contributed by atoms with E-state index in [4.69, 9.17) is 16.3 Å². The number of pyridine rings is 1. The molecule has 1 saturated carbocycles. The van der Waals surface area contributed by atoms with Gasteiger partial charge in [0.15, 0.2) is 0 Å². The minimum Gasteiger partial charge on any atom is -0.494 e. The van der Waals surface area contributed by atoms with Crippen molar-refractivity contribution in [3.63, 3.8) is 0 Å². The average Bonchev–Trinajstić information content (AvgIpc) is 2.83. The summed E-state index contributed by atoms with van der Waals surface area (Å²) in [5, 5.41) is 5.61. The van der Waals surface area contributed by atoms with Crippen LogP contribution in [0.2, 0.25) is 5.28 Å². The normalized spacial score (nSPS) is 19.3. The van der Waals surface area contributed by atoms with E-state index in [-0.39, 0.29) is 17.1 Å². The topological polar surface area (TPSA) is 59.9 Å². The van der Waals surface area contributed by atoms with E-state index in [9.17, 15) is 4.39 Å². The zero-order chi connectivity index (χ0) is 23.7. The van der Waals surface area contributed by atoms with Gasteiger partial charge in [-0.25, -0.2) is 14.4 Å². The molecule has 0 bridgehead atoms. The van der Waals surface area contributed by atoms with Crippen molar-refractivity contribution in [1.82, 2.24) is 15.0 Å². The molecule has 5 nitrogen and oxygen atoms in total. The number of hydrogen-bond donors (Lipinski definition) is 1. The number of aromatic nitrogens is 3. The Morgan fingerprint density at radius 1 is 1.09 bits per heavy atom. The molecule has 2 aromatic heterocycles. The number of rotatable bonds is 6. The van der Waals surface area contributed by atoms with Gasteiger partial charge in [0.2, 0.25) is 5.28 Å². The van der Waals surface area contributed by atoms with Crippen molar-refractivity contribution in [2.75, 3.05) is 12.4 Å². The van der Waals surface area contributed by atoms with Gasteiger partial charge in [-0.2, -0.15) is 0 Å². The molecular weight excluding hydrogens is 451 g/mol. The van der Waals surface area contributed by atoms with Crippen molar-refractivity contribution in [1.29, 1.82) is 0 Å². The van der Waals surface area contributed by atoms with E-state index in [0.717, 1.165) is 54.2 Å². The van der Waals surface area contributed by atoms with Crippen molar-refractivity contribution in [2.24, 2.45) is 5.92 Å². The summed E-state index contributed by atoms with van der Waals surface area (Å²) in [5.74, 6) is 2.29. The molecule has 1 N–H and O–H groups in total. The number of fused-ring (bicyclic) bond motifs is 2. The molecule has 2 heterocycles. The lowest BCUT2D eigenvalue weighted by Gasteiger charge is -2.31. The molecule has 0 radical (unpaired) electrons. The number of methoxy groups -OCH3 is 1. The quantitative estimate of drug-likeness (QED) is 0.298. The van der Waals surface area contributed by atoms with Gasteiger partial charge in [-0.3, -0.25) is 4.98 Å². The highest BCUT2D eigenvalue weighted by Gasteiger charge is 2.25. The molecule has 0 spiro atoms. The van der Waals surface area contributed by atoms with Crippen LogP contribution in [-0.4, -0.2) is 28.1 Å². The maximum absolute atomic E-state index is 13.9. The van der Waals surface area contributed by atoms with Crippen LogP contribution in [0, 0.1) is 11.7 Å². The Morgan fingerprint density at radius 2 is 1.91 bits per heavy atom. The van der Waals surface area contributed by atoms with E-state index < -0.39 is 0 Å². The molecule has 0 saturated heterocycles. The molecular formula is C27H28ClFN4O. The minimum absolute atomic E-state index is 0.202. The van der Waals surface area contributed by atoms with E-state index in [0.29, 0.717) is 23.1 Å². The smallest absolute Gasteiger partial charge is 0.225 e. The Morgan fingerprint density at radius 3 is 2.71 bits per heavy atom. The van der Waals surface area contributed by atoms with E-state index in [1.807, 2.05) is 24.4 Å². The van der Waals surface area contributed by atoms with Crippen LogP contribution in [0.5, 0.6) is 5.75 Å². The first kappa shape index (κ1) is 22.8. The second-order valence-electron chi connectivity index (χ2n) is 9.26. The summed E-state index contributed by atoms with van der Waals surface area (Å²) in [6.07, 6.45) is 7.40. The third kappa shape index (κ3) is 4.64. The number of para-hydroxylation sites is 1. The molecule has 1 fully saturated rings. The maximum atomic E-state index is 13.9. The minimum atomic E-state index is -0.203. The van der Waals surface area contributed by atoms with Crippen molar-refractivity contribution in [3.05, 3.63) is 65.3 Å². The fourth-order valence-corrected chi connectivity index (χ4v) is 5.54. The molecule has 0 amide bonds. The van der Waals surface area contributed by atoms with Crippen LogP contribution >= 0.6 is 11.6 Å². The van der Waals surface area contributed by atoms with Crippen molar-refractivity contribution < 1.29 is 9.13 Å². The predicted molar refractivity (Wildman–Crippen MR) is 135 cm³/mol. The van der Waals surface area contributed by atoms with Crippen LogP contribution in [-0.2, 0) is 0 Å². The zero-order valence-electron chi connectivity index (χ0n) is 19.4. The Balaban J connectivity index is 1.25. The van der Waals surface area contributed by atoms with Gasteiger partial charge in [-0.05, 0) is 104 Å². The number of halogens is 2. The lowest BCUT2D eigenvalue weighted by atomic mass is 9.76. The second-order valence-corrected chi connectivity index (χ2v) is 9.60. The van der Waals surface area contributed by atoms with Gasteiger partial charge in [0.1, 0.15) is 22.9 Å². The van der Waals surface area contributed by atoms with Gasteiger partial charge in [-0.1, -0.05) is 6.07 Å². The lowest BCUT2D eigenvalue weighted by Crippen LogP contribution is -2.23. The standard InChI is InChI=1S/C27H28ClFN4O/c1-16(31-26-21-4-3-5-24(34-2)25(21)32-27(28)33-26)14-17-6-8-18(9-7-17)20-12-13-30-23-11-10-19(29)15-22(20)23/h3-5,10-13,15-18H,6-9,14H2,1-2H3,(H,31,32,33). The third-order valence-corrected chi connectivity index (χ3v) is 7.15. The van der Waals surface area contributed by atoms with Gasteiger partial charge in [-0.15, -0.1) is 0 Å². The zero-order valence-corrected chi connectivity index (χ0v) is 20.1. The number of hydrogen-bond acceptors (Lipinski definition) is 5.